The molecule has 3 aromatic rings. The van der Waals surface area contributed by atoms with E-state index in [2.05, 4.69) is 4.99 Å². The molecule has 1 amide bonds. The average Bonchev–Trinajstić information content (AvgIpc) is 3.23. The van der Waals surface area contributed by atoms with Crippen molar-refractivity contribution in [1.29, 1.82) is 0 Å². The fourth-order valence-electron chi connectivity index (χ4n) is 4.15. The van der Waals surface area contributed by atoms with Gasteiger partial charge in [-0.15, -0.1) is 0 Å². The van der Waals surface area contributed by atoms with Crippen LogP contribution in [0.4, 0.5) is 0 Å². The minimum atomic E-state index is -3.61. The Morgan fingerprint density at radius 2 is 1.65 bits per heavy atom. The molecule has 0 spiro atoms. The second kappa shape index (κ2) is 11.4. The highest BCUT2D eigenvalue weighted by Gasteiger charge is 2.26. The Bertz CT molecular complexity index is 1470. The Balaban J connectivity index is 1.71. The van der Waals surface area contributed by atoms with Gasteiger partial charge in [0.15, 0.2) is 16.3 Å². The molecule has 0 bridgehead atoms. The van der Waals surface area contributed by atoms with Crippen LogP contribution < -0.4 is 14.3 Å². The maximum absolute atomic E-state index is 13.1. The Morgan fingerprint density at radius 3 is 2.27 bits per heavy atom. The molecule has 198 valence electrons. The standard InChI is InChI=1S/C25H29N3O7S2/c1-4-35-23(29)16-28-19-14-20(33-2)21(34-3)15-22(19)36-25(28)26-24(30)17-8-10-18(11-9-17)37(31,32)27-12-6-5-7-13-27/h8-11,14-15H,4-7,12-13,16H2,1-3H3. The first-order valence-corrected chi connectivity index (χ1v) is 14.1. The number of methoxy groups -OCH3 is 2. The fourth-order valence-corrected chi connectivity index (χ4v) is 6.70. The summed E-state index contributed by atoms with van der Waals surface area (Å²) in [4.78, 5) is 30.1. The van der Waals surface area contributed by atoms with Crippen LogP contribution in [-0.4, -0.2) is 63.1 Å². The summed E-state index contributed by atoms with van der Waals surface area (Å²) in [7, 11) is -0.574. The summed E-state index contributed by atoms with van der Waals surface area (Å²) in [6.45, 7) is 2.78. The monoisotopic (exact) mass is 547 g/mol. The summed E-state index contributed by atoms with van der Waals surface area (Å²) < 4.78 is 45.5. The summed E-state index contributed by atoms with van der Waals surface area (Å²) >= 11 is 1.21. The summed E-state index contributed by atoms with van der Waals surface area (Å²) in [5, 5.41) is 0. The molecule has 12 heteroatoms. The summed E-state index contributed by atoms with van der Waals surface area (Å²) in [5.41, 5.74) is 0.859. The van der Waals surface area contributed by atoms with Gasteiger partial charge in [-0.1, -0.05) is 17.8 Å². The molecule has 1 fully saturated rings. The third-order valence-electron chi connectivity index (χ3n) is 6.03. The number of hydrogen-bond acceptors (Lipinski definition) is 8. The SMILES string of the molecule is CCOC(=O)Cn1c(=NC(=O)c2ccc(S(=O)(=O)N3CCCCC3)cc2)sc2cc(OC)c(OC)cc21. The number of carbonyl (C=O) groups is 2. The van der Waals surface area contributed by atoms with Crippen LogP contribution in [0.25, 0.3) is 10.2 Å². The van der Waals surface area contributed by atoms with E-state index < -0.39 is 21.9 Å². The lowest BCUT2D eigenvalue weighted by molar-refractivity contribution is -0.143. The van der Waals surface area contributed by atoms with Gasteiger partial charge in [0.1, 0.15) is 6.54 Å². The van der Waals surface area contributed by atoms with Gasteiger partial charge in [0.05, 0.1) is 35.9 Å². The van der Waals surface area contributed by atoms with Crippen molar-refractivity contribution in [3.8, 4) is 11.5 Å². The minimum Gasteiger partial charge on any atom is -0.493 e. The molecule has 0 atom stereocenters. The third-order valence-corrected chi connectivity index (χ3v) is 8.99. The Kier molecular flexibility index (Phi) is 8.30. The maximum Gasteiger partial charge on any atom is 0.326 e. The largest absolute Gasteiger partial charge is 0.493 e. The molecule has 1 aliphatic rings. The maximum atomic E-state index is 13.1. The first-order chi connectivity index (χ1) is 17.8. The van der Waals surface area contributed by atoms with Crippen LogP contribution in [0.3, 0.4) is 0 Å². The van der Waals surface area contributed by atoms with Crippen LogP contribution in [0.2, 0.25) is 0 Å². The van der Waals surface area contributed by atoms with Gasteiger partial charge in [-0.05, 0) is 44.0 Å². The Labute approximate surface area is 219 Å². The van der Waals surface area contributed by atoms with Crippen molar-refractivity contribution in [2.45, 2.75) is 37.6 Å². The molecule has 10 nitrogen and oxygen atoms in total. The second-order valence-corrected chi connectivity index (χ2v) is 11.3. The number of ether oxygens (including phenoxy) is 3. The van der Waals surface area contributed by atoms with Gasteiger partial charge in [-0.3, -0.25) is 9.59 Å². The van der Waals surface area contributed by atoms with E-state index in [-0.39, 0.29) is 28.4 Å². The molecule has 1 saturated heterocycles. The number of carbonyl (C=O) groups excluding carboxylic acids is 2. The predicted octanol–water partition coefficient (Wildman–Crippen LogP) is 3.20. The van der Waals surface area contributed by atoms with E-state index in [0.717, 1.165) is 24.0 Å². The number of thiazole rings is 1. The van der Waals surface area contributed by atoms with Crippen molar-refractivity contribution in [1.82, 2.24) is 8.87 Å². The number of amides is 1. The molecule has 0 radical (unpaired) electrons. The van der Waals surface area contributed by atoms with Crippen LogP contribution in [-0.2, 0) is 26.1 Å². The lowest BCUT2D eigenvalue weighted by atomic mass is 10.2. The number of sulfonamides is 1. The first-order valence-electron chi connectivity index (χ1n) is 11.9. The third kappa shape index (κ3) is 5.71. The number of fused-ring (bicyclic) bond motifs is 1. The van der Waals surface area contributed by atoms with Gasteiger partial charge < -0.3 is 18.8 Å². The number of benzene rings is 2. The molecule has 0 saturated carbocycles. The van der Waals surface area contributed by atoms with Crippen molar-refractivity contribution < 1.29 is 32.2 Å². The van der Waals surface area contributed by atoms with Crippen LogP contribution in [0.15, 0.2) is 46.3 Å². The molecule has 1 aliphatic heterocycles. The van der Waals surface area contributed by atoms with E-state index in [4.69, 9.17) is 14.2 Å². The summed E-state index contributed by atoms with van der Waals surface area (Å²) in [5.74, 6) is -0.0696. The van der Waals surface area contributed by atoms with Crippen LogP contribution in [0.1, 0.15) is 36.5 Å². The molecule has 37 heavy (non-hydrogen) atoms. The smallest absolute Gasteiger partial charge is 0.326 e. The van der Waals surface area contributed by atoms with Crippen molar-refractivity contribution in [3.05, 3.63) is 46.8 Å². The zero-order valence-electron chi connectivity index (χ0n) is 20.9. The van der Waals surface area contributed by atoms with E-state index in [1.54, 1.807) is 23.6 Å². The van der Waals surface area contributed by atoms with Gasteiger partial charge in [-0.2, -0.15) is 9.30 Å². The quantitative estimate of drug-likeness (QED) is 0.398. The molecule has 2 heterocycles. The van der Waals surface area contributed by atoms with Gasteiger partial charge in [0.2, 0.25) is 10.0 Å². The Morgan fingerprint density at radius 1 is 1.00 bits per heavy atom. The molecular weight excluding hydrogens is 518 g/mol. The van der Waals surface area contributed by atoms with Crippen molar-refractivity contribution in [2.24, 2.45) is 4.99 Å². The van der Waals surface area contributed by atoms with Gasteiger partial charge >= 0.3 is 5.97 Å². The zero-order chi connectivity index (χ0) is 26.6. The topological polar surface area (TPSA) is 117 Å². The van der Waals surface area contributed by atoms with E-state index in [1.807, 2.05) is 0 Å². The highest BCUT2D eigenvalue weighted by Crippen LogP contribution is 2.33. The summed E-state index contributed by atoms with van der Waals surface area (Å²) in [6, 6.07) is 9.24. The Hall–Kier alpha value is -3.22. The van der Waals surface area contributed by atoms with Crippen LogP contribution >= 0.6 is 11.3 Å². The zero-order valence-corrected chi connectivity index (χ0v) is 22.6. The summed E-state index contributed by atoms with van der Waals surface area (Å²) in [6.07, 6.45) is 2.70. The number of aromatic nitrogens is 1. The lowest BCUT2D eigenvalue weighted by Crippen LogP contribution is -2.35. The van der Waals surface area contributed by atoms with Gasteiger partial charge in [0, 0.05) is 30.8 Å². The number of piperidine rings is 1. The van der Waals surface area contributed by atoms with Gasteiger partial charge in [0.25, 0.3) is 5.91 Å². The van der Waals surface area contributed by atoms with Gasteiger partial charge in [-0.25, -0.2) is 8.42 Å². The molecule has 1 aromatic heterocycles. The second-order valence-electron chi connectivity index (χ2n) is 8.36. The average molecular weight is 548 g/mol. The number of rotatable bonds is 8. The molecule has 2 aromatic carbocycles. The van der Waals surface area contributed by atoms with Crippen LogP contribution in [0.5, 0.6) is 11.5 Å². The number of esters is 1. The fraction of sp³-hybridized carbons (Fsp3) is 0.400. The van der Waals surface area contributed by atoms with Crippen molar-refractivity contribution >= 4 is 43.5 Å². The first kappa shape index (κ1) is 26.8. The molecule has 4 rings (SSSR count). The number of hydrogen-bond donors (Lipinski definition) is 0. The minimum absolute atomic E-state index is 0.143. The molecule has 0 unspecified atom stereocenters. The molecular formula is C25H29N3O7S2. The van der Waals surface area contributed by atoms with Crippen molar-refractivity contribution in [2.75, 3.05) is 33.9 Å². The van der Waals surface area contributed by atoms with Crippen LogP contribution in [0, 0.1) is 0 Å². The highest BCUT2D eigenvalue weighted by molar-refractivity contribution is 7.89. The van der Waals surface area contributed by atoms with Crippen molar-refractivity contribution in [3.63, 3.8) is 0 Å². The molecule has 0 aliphatic carbocycles. The molecule has 0 N–H and O–H groups in total. The van der Waals surface area contributed by atoms with E-state index in [0.29, 0.717) is 30.1 Å². The predicted molar refractivity (Wildman–Crippen MR) is 138 cm³/mol. The normalized spacial score (nSPS) is 15.1. The van der Waals surface area contributed by atoms with E-state index in [1.165, 1.54) is 54.1 Å². The van der Waals surface area contributed by atoms with E-state index >= 15 is 0 Å². The highest BCUT2D eigenvalue weighted by atomic mass is 32.2. The lowest BCUT2D eigenvalue weighted by Gasteiger charge is -2.25. The number of nitrogens with zero attached hydrogens (tertiary/aromatic N) is 3. The van der Waals surface area contributed by atoms with E-state index in [9.17, 15) is 18.0 Å².